The van der Waals surface area contributed by atoms with E-state index in [-0.39, 0.29) is 16.7 Å². The summed E-state index contributed by atoms with van der Waals surface area (Å²) < 4.78 is 10.1. The summed E-state index contributed by atoms with van der Waals surface area (Å²) >= 11 is 0. The number of amides is 2. The first-order chi connectivity index (χ1) is 13.0. The molecule has 2 aromatic carbocycles. The van der Waals surface area contributed by atoms with Crippen LogP contribution in [0.5, 0.6) is 5.75 Å². The molecule has 0 aliphatic carbocycles. The fraction of sp³-hybridized carbons (Fsp3) is 0.200. The van der Waals surface area contributed by atoms with Gasteiger partial charge in [0.25, 0.3) is 11.8 Å². The van der Waals surface area contributed by atoms with Crippen molar-refractivity contribution in [2.45, 2.75) is 13.0 Å². The van der Waals surface area contributed by atoms with E-state index < -0.39 is 36.2 Å². The highest BCUT2D eigenvalue weighted by atomic mass is 16.5. The molecule has 2 aromatic rings. The average molecular weight is 367 g/mol. The third-order valence-corrected chi connectivity index (χ3v) is 4.31. The van der Waals surface area contributed by atoms with Gasteiger partial charge in [0.2, 0.25) is 5.78 Å². The number of benzene rings is 2. The Morgan fingerprint density at radius 3 is 2.11 bits per heavy atom. The Kier molecular flexibility index (Phi) is 5.03. The van der Waals surface area contributed by atoms with Crippen molar-refractivity contribution >= 4 is 23.6 Å². The third kappa shape index (κ3) is 3.31. The van der Waals surface area contributed by atoms with Crippen molar-refractivity contribution in [2.75, 3.05) is 13.7 Å². The number of rotatable bonds is 6. The van der Waals surface area contributed by atoms with Gasteiger partial charge in [0.1, 0.15) is 11.8 Å². The number of ether oxygens (including phenoxy) is 2. The van der Waals surface area contributed by atoms with Crippen molar-refractivity contribution < 1.29 is 28.7 Å². The minimum Gasteiger partial charge on any atom is -0.496 e. The van der Waals surface area contributed by atoms with E-state index in [1.807, 2.05) is 0 Å². The highest BCUT2D eigenvalue weighted by molar-refractivity contribution is 6.22. The Balaban J connectivity index is 1.68. The lowest BCUT2D eigenvalue weighted by Crippen LogP contribution is -2.44. The molecule has 0 spiro atoms. The summed E-state index contributed by atoms with van der Waals surface area (Å²) in [6.07, 6.45) is 0. The molecule has 0 bridgehead atoms. The molecule has 1 heterocycles. The summed E-state index contributed by atoms with van der Waals surface area (Å²) in [6.45, 7) is 0.865. The fourth-order valence-corrected chi connectivity index (χ4v) is 2.88. The van der Waals surface area contributed by atoms with Crippen LogP contribution >= 0.6 is 0 Å². The van der Waals surface area contributed by atoms with Crippen LogP contribution < -0.4 is 4.74 Å². The van der Waals surface area contributed by atoms with E-state index in [0.29, 0.717) is 5.75 Å². The first-order valence-corrected chi connectivity index (χ1v) is 8.25. The van der Waals surface area contributed by atoms with E-state index in [4.69, 9.17) is 9.47 Å². The molecule has 0 fully saturated rings. The van der Waals surface area contributed by atoms with Crippen LogP contribution in [0.4, 0.5) is 0 Å². The minimum atomic E-state index is -1.15. The molecule has 0 aromatic heterocycles. The zero-order chi connectivity index (χ0) is 19.6. The van der Waals surface area contributed by atoms with Crippen LogP contribution in [0.2, 0.25) is 0 Å². The SMILES string of the molecule is COc1ccccc1C(=O)COC(=O)[C@@H](C)N1C(=O)c2ccccc2C1=O. The molecule has 0 radical (unpaired) electrons. The summed E-state index contributed by atoms with van der Waals surface area (Å²) in [6, 6.07) is 11.7. The summed E-state index contributed by atoms with van der Waals surface area (Å²) in [7, 11) is 1.43. The highest BCUT2D eigenvalue weighted by Crippen LogP contribution is 2.25. The van der Waals surface area contributed by atoms with Crippen molar-refractivity contribution in [3.63, 3.8) is 0 Å². The van der Waals surface area contributed by atoms with Gasteiger partial charge in [-0.1, -0.05) is 24.3 Å². The van der Waals surface area contributed by atoms with Crippen LogP contribution in [0, 0.1) is 0 Å². The highest BCUT2D eigenvalue weighted by Gasteiger charge is 2.41. The molecular formula is C20H17NO6. The number of ketones is 1. The molecule has 0 N–H and O–H groups in total. The van der Waals surface area contributed by atoms with Crippen LogP contribution in [0.15, 0.2) is 48.5 Å². The summed E-state index contributed by atoms with van der Waals surface area (Å²) in [4.78, 5) is 50.3. The van der Waals surface area contributed by atoms with E-state index in [9.17, 15) is 19.2 Å². The maximum absolute atomic E-state index is 12.4. The molecule has 1 aliphatic rings. The summed E-state index contributed by atoms with van der Waals surface area (Å²) in [5.41, 5.74) is 0.765. The zero-order valence-corrected chi connectivity index (χ0v) is 14.8. The Bertz CT molecular complexity index is 901. The topological polar surface area (TPSA) is 90.0 Å². The molecule has 3 rings (SSSR count). The fourth-order valence-electron chi connectivity index (χ4n) is 2.88. The molecule has 2 amide bonds. The Morgan fingerprint density at radius 1 is 0.963 bits per heavy atom. The number of hydrogen-bond donors (Lipinski definition) is 0. The van der Waals surface area contributed by atoms with Crippen LogP contribution in [0.25, 0.3) is 0 Å². The predicted molar refractivity (Wildman–Crippen MR) is 94.7 cm³/mol. The second-order valence-electron chi connectivity index (χ2n) is 5.93. The van der Waals surface area contributed by atoms with Crippen molar-refractivity contribution in [1.82, 2.24) is 4.90 Å². The Hall–Kier alpha value is -3.48. The maximum Gasteiger partial charge on any atom is 0.329 e. The zero-order valence-electron chi connectivity index (χ0n) is 14.8. The molecule has 0 unspecified atom stereocenters. The molecule has 0 saturated carbocycles. The van der Waals surface area contributed by atoms with Crippen molar-refractivity contribution in [3.8, 4) is 5.75 Å². The average Bonchev–Trinajstić information content (AvgIpc) is 2.96. The van der Waals surface area contributed by atoms with E-state index in [0.717, 1.165) is 4.90 Å². The van der Waals surface area contributed by atoms with Crippen LogP contribution in [-0.2, 0) is 9.53 Å². The number of esters is 1. The van der Waals surface area contributed by atoms with Crippen molar-refractivity contribution in [2.24, 2.45) is 0 Å². The molecule has 27 heavy (non-hydrogen) atoms. The van der Waals surface area contributed by atoms with Gasteiger partial charge in [-0.25, -0.2) is 4.79 Å². The van der Waals surface area contributed by atoms with Gasteiger partial charge in [0.05, 0.1) is 23.8 Å². The monoisotopic (exact) mass is 367 g/mol. The van der Waals surface area contributed by atoms with Gasteiger partial charge in [-0.3, -0.25) is 19.3 Å². The van der Waals surface area contributed by atoms with E-state index >= 15 is 0 Å². The minimum absolute atomic E-state index is 0.243. The number of fused-ring (bicyclic) bond motifs is 1. The second kappa shape index (κ2) is 7.41. The van der Waals surface area contributed by atoms with Gasteiger partial charge in [0, 0.05) is 0 Å². The molecule has 138 valence electrons. The van der Waals surface area contributed by atoms with Gasteiger partial charge >= 0.3 is 5.97 Å². The number of methoxy groups -OCH3 is 1. The predicted octanol–water partition coefficient (Wildman–Crippen LogP) is 2.11. The number of para-hydroxylation sites is 1. The molecular weight excluding hydrogens is 350 g/mol. The molecule has 7 nitrogen and oxygen atoms in total. The third-order valence-electron chi connectivity index (χ3n) is 4.31. The lowest BCUT2D eigenvalue weighted by atomic mass is 10.1. The Morgan fingerprint density at radius 2 is 1.52 bits per heavy atom. The lowest BCUT2D eigenvalue weighted by Gasteiger charge is -2.20. The summed E-state index contributed by atoms with van der Waals surface area (Å²) in [5, 5.41) is 0. The number of carbonyl (C=O) groups excluding carboxylic acids is 4. The first-order valence-electron chi connectivity index (χ1n) is 8.25. The maximum atomic E-state index is 12.4. The van der Waals surface area contributed by atoms with Crippen LogP contribution in [0.1, 0.15) is 38.0 Å². The van der Waals surface area contributed by atoms with E-state index in [1.54, 1.807) is 36.4 Å². The lowest BCUT2D eigenvalue weighted by molar-refractivity contribution is -0.146. The Labute approximate surface area is 155 Å². The van der Waals surface area contributed by atoms with Gasteiger partial charge in [-0.2, -0.15) is 0 Å². The number of Topliss-reactive ketones (excluding diaryl/α,β-unsaturated/α-hetero) is 1. The number of imide groups is 1. The first kappa shape index (κ1) is 18.3. The number of nitrogens with zero attached hydrogens (tertiary/aromatic N) is 1. The molecule has 7 heteroatoms. The van der Waals surface area contributed by atoms with E-state index in [2.05, 4.69) is 0 Å². The molecule has 1 aliphatic heterocycles. The molecule has 0 saturated heterocycles. The van der Waals surface area contributed by atoms with Crippen molar-refractivity contribution in [3.05, 3.63) is 65.2 Å². The van der Waals surface area contributed by atoms with Gasteiger partial charge in [-0.05, 0) is 31.2 Å². The smallest absolute Gasteiger partial charge is 0.329 e. The molecule has 1 atom stereocenters. The standard InChI is InChI=1S/C20H17NO6/c1-12(21-18(23)13-7-3-4-8-14(13)19(21)24)20(25)27-11-16(22)15-9-5-6-10-17(15)26-2/h3-10,12H,11H2,1-2H3/t12-/m1/s1. The number of carbonyl (C=O) groups is 4. The van der Waals surface area contributed by atoms with E-state index in [1.165, 1.54) is 26.2 Å². The van der Waals surface area contributed by atoms with Gasteiger partial charge in [0.15, 0.2) is 6.61 Å². The second-order valence-corrected chi connectivity index (χ2v) is 5.93. The normalized spacial score (nSPS) is 13.9. The van der Waals surface area contributed by atoms with Crippen LogP contribution in [-0.4, -0.2) is 48.2 Å². The van der Waals surface area contributed by atoms with Crippen molar-refractivity contribution in [1.29, 1.82) is 0 Å². The van der Waals surface area contributed by atoms with Gasteiger partial charge < -0.3 is 9.47 Å². The summed E-state index contributed by atoms with van der Waals surface area (Å²) in [5.74, 6) is -2.04. The number of hydrogen-bond acceptors (Lipinski definition) is 6. The quantitative estimate of drug-likeness (QED) is 0.441. The van der Waals surface area contributed by atoms with Gasteiger partial charge in [-0.15, -0.1) is 0 Å². The largest absolute Gasteiger partial charge is 0.496 e. The van der Waals surface area contributed by atoms with Crippen LogP contribution in [0.3, 0.4) is 0 Å².